The molecule has 11 heteroatoms. The Morgan fingerprint density at radius 2 is 2.03 bits per heavy atom. The van der Waals surface area contributed by atoms with Crippen LogP contribution >= 0.6 is 15.9 Å². The molecular weight excluding hydrogens is 463 g/mol. The van der Waals surface area contributed by atoms with Gasteiger partial charge in [0.15, 0.2) is 15.7 Å². The zero-order chi connectivity index (χ0) is 20.8. The Kier molecular flexibility index (Phi) is 4.95. The van der Waals surface area contributed by atoms with Crippen LogP contribution in [0.3, 0.4) is 0 Å². The van der Waals surface area contributed by atoms with Gasteiger partial charge in [0.05, 0.1) is 17.3 Å². The van der Waals surface area contributed by atoms with Crippen LogP contribution in [0.25, 0.3) is 11.0 Å². The number of aromatic nitrogens is 3. The van der Waals surface area contributed by atoms with Crippen molar-refractivity contribution in [3.05, 3.63) is 52.6 Å². The van der Waals surface area contributed by atoms with Crippen molar-refractivity contribution < 1.29 is 12.8 Å². The number of nitrogens with zero attached hydrogens (tertiary/aromatic N) is 4. The smallest absolute Gasteiger partial charge is 0.162 e. The Bertz CT molecular complexity index is 1250. The number of amidine groups is 1. The Morgan fingerprint density at radius 3 is 2.79 bits per heavy atom. The quantitative estimate of drug-likeness (QED) is 0.592. The second-order valence-electron chi connectivity index (χ2n) is 6.65. The molecular formula is C18H16BrFN6O2S. The van der Waals surface area contributed by atoms with Crippen LogP contribution in [0.2, 0.25) is 0 Å². The predicted molar refractivity (Wildman–Crippen MR) is 112 cm³/mol. The molecule has 0 amide bonds. The average Bonchev–Trinajstić information content (AvgIpc) is 2.67. The summed E-state index contributed by atoms with van der Waals surface area (Å²) in [6.45, 7) is 1.48. The van der Waals surface area contributed by atoms with E-state index in [1.807, 2.05) is 0 Å². The molecule has 0 fully saturated rings. The third-order valence-electron chi connectivity index (χ3n) is 4.71. The molecule has 3 aromatic rings. The third-order valence-corrected chi connectivity index (χ3v) is 7.24. The first-order chi connectivity index (χ1) is 13.7. The molecule has 4 rings (SSSR count). The van der Waals surface area contributed by atoms with Crippen molar-refractivity contribution >= 4 is 54.1 Å². The molecule has 0 radical (unpaired) electrons. The van der Waals surface area contributed by atoms with Crippen molar-refractivity contribution in [2.24, 2.45) is 10.7 Å². The first-order valence-corrected chi connectivity index (χ1v) is 11.1. The Hall–Kier alpha value is -2.66. The van der Waals surface area contributed by atoms with Crippen molar-refractivity contribution in [1.29, 1.82) is 0 Å². The second kappa shape index (κ2) is 7.30. The van der Waals surface area contributed by atoms with Gasteiger partial charge in [-0.1, -0.05) is 0 Å². The highest BCUT2D eigenvalue weighted by atomic mass is 79.9. The van der Waals surface area contributed by atoms with Crippen molar-refractivity contribution in [2.75, 3.05) is 11.1 Å². The van der Waals surface area contributed by atoms with Crippen LogP contribution in [-0.4, -0.2) is 40.2 Å². The maximum absolute atomic E-state index is 14.5. The number of nitrogens with one attached hydrogen (secondary N) is 1. The Morgan fingerprint density at radius 1 is 1.24 bits per heavy atom. The Balaban J connectivity index is 1.72. The number of aliphatic imine (C=N–C) groups is 1. The number of fused-ring (bicyclic) bond motifs is 1. The number of rotatable bonds is 3. The summed E-state index contributed by atoms with van der Waals surface area (Å²) >= 11 is 3.35. The van der Waals surface area contributed by atoms with Gasteiger partial charge in [-0.3, -0.25) is 4.99 Å². The average molecular weight is 479 g/mol. The number of sulfone groups is 1. The first-order valence-electron chi connectivity index (χ1n) is 8.62. The molecule has 8 nitrogen and oxygen atoms in total. The molecule has 3 N–H and O–H groups in total. The number of hydrogen-bond donors (Lipinski definition) is 2. The lowest BCUT2D eigenvalue weighted by Crippen LogP contribution is -2.40. The predicted octanol–water partition coefficient (Wildman–Crippen LogP) is 2.89. The summed E-state index contributed by atoms with van der Waals surface area (Å²) in [5.41, 5.74) is 7.59. The molecule has 2 atom stereocenters. The van der Waals surface area contributed by atoms with Gasteiger partial charge in [-0.15, -0.1) is 0 Å². The summed E-state index contributed by atoms with van der Waals surface area (Å²) in [5.74, 6) is -0.443. The molecule has 0 unspecified atom stereocenters. The molecule has 0 saturated heterocycles. The minimum Gasteiger partial charge on any atom is -0.386 e. The van der Waals surface area contributed by atoms with Gasteiger partial charge < -0.3 is 11.1 Å². The van der Waals surface area contributed by atoms with Crippen molar-refractivity contribution in [2.45, 2.75) is 18.2 Å². The van der Waals surface area contributed by atoms with E-state index in [0.717, 1.165) is 4.47 Å². The SMILES string of the molecule is C[C@@H]1C(N)=N[C@H](c2cc(Nc3ncnc4cc(Br)cnc34)ccc2F)CS1(=O)=O. The summed E-state index contributed by atoms with van der Waals surface area (Å²) in [7, 11) is -3.51. The molecule has 1 aliphatic heterocycles. The largest absolute Gasteiger partial charge is 0.386 e. The van der Waals surface area contributed by atoms with Gasteiger partial charge in [-0.2, -0.15) is 0 Å². The van der Waals surface area contributed by atoms with Gasteiger partial charge in [0.2, 0.25) is 0 Å². The van der Waals surface area contributed by atoms with Gasteiger partial charge in [0.1, 0.15) is 28.7 Å². The molecule has 3 heterocycles. The fourth-order valence-corrected chi connectivity index (χ4v) is 4.79. The van der Waals surface area contributed by atoms with E-state index in [1.165, 1.54) is 31.5 Å². The number of nitrogens with two attached hydrogens (primary N) is 1. The van der Waals surface area contributed by atoms with Crippen molar-refractivity contribution in [3.63, 3.8) is 0 Å². The van der Waals surface area contributed by atoms with Crippen LogP contribution in [0.5, 0.6) is 0 Å². The summed E-state index contributed by atoms with van der Waals surface area (Å²) in [5, 5.41) is 2.21. The number of hydrogen-bond acceptors (Lipinski definition) is 8. The van der Waals surface area contributed by atoms with Gasteiger partial charge in [-0.05, 0) is 47.1 Å². The van der Waals surface area contributed by atoms with Gasteiger partial charge in [-0.25, -0.2) is 27.8 Å². The lowest BCUT2D eigenvalue weighted by atomic mass is 10.1. The van der Waals surface area contributed by atoms with Crippen molar-refractivity contribution in [1.82, 2.24) is 15.0 Å². The fraction of sp³-hybridized carbons (Fsp3) is 0.222. The van der Waals surface area contributed by atoms with Crippen LogP contribution < -0.4 is 11.1 Å². The summed E-state index contributed by atoms with van der Waals surface area (Å²) in [6.07, 6.45) is 3.02. The topological polar surface area (TPSA) is 123 Å². The molecule has 29 heavy (non-hydrogen) atoms. The molecule has 1 aliphatic rings. The normalized spacial score (nSPS) is 21.0. The first kappa shape index (κ1) is 19.6. The summed E-state index contributed by atoms with van der Waals surface area (Å²) < 4.78 is 39.9. The van der Waals surface area contributed by atoms with Crippen LogP contribution in [0, 0.1) is 5.82 Å². The van der Waals surface area contributed by atoms with Gasteiger partial charge >= 0.3 is 0 Å². The standard InChI is InChI=1S/C18H16BrFN6O2S/c1-9-17(21)26-15(7-29(9,27)28)12-5-11(2-3-13(12)20)25-18-16-14(23-8-24-18)4-10(19)6-22-16/h2-6,8-9,15H,7H2,1H3,(H2,21,26)(H,23,24,25)/t9-,15+/m1/s1. The summed E-state index contributed by atoms with van der Waals surface area (Å²) in [6, 6.07) is 5.18. The van der Waals surface area contributed by atoms with Crippen LogP contribution in [0.15, 0.2) is 46.3 Å². The molecule has 1 aromatic carbocycles. The zero-order valence-electron chi connectivity index (χ0n) is 15.2. The minimum absolute atomic E-state index is 0.0180. The number of anilines is 2. The van der Waals surface area contributed by atoms with Crippen LogP contribution in [0.1, 0.15) is 18.5 Å². The highest BCUT2D eigenvalue weighted by Crippen LogP contribution is 2.31. The van der Waals surface area contributed by atoms with E-state index in [-0.39, 0.29) is 17.2 Å². The maximum Gasteiger partial charge on any atom is 0.162 e. The van der Waals surface area contributed by atoms with E-state index >= 15 is 0 Å². The molecule has 150 valence electrons. The second-order valence-corrected chi connectivity index (χ2v) is 9.93. The molecule has 2 aromatic heterocycles. The molecule has 0 spiro atoms. The monoisotopic (exact) mass is 478 g/mol. The molecule has 0 bridgehead atoms. The van der Waals surface area contributed by atoms with Gasteiger partial charge in [0, 0.05) is 21.9 Å². The van der Waals surface area contributed by atoms with E-state index in [2.05, 4.69) is 41.2 Å². The van der Waals surface area contributed by atoms with E-state index < -0.39 is 26.9 Å². The number of halogens is 2. The molecule has 0 aliphatic carbocycles. The minimum atomic E-state index is -3.51. The highest BCUT2D eigenvalue weighted by molar-refractivity contribution is 9.10. The third kappa shape index (κ3) is 3.79. The van der Waals surface area contributed by atoms with E-state index in [0.29, 0.717) is 22.5 Å². The zero-order valence-corrected chi connectivity index (χ0v) is 17.6. The molecule has 0 saturated carbocycles. The maximum atomic E-state index is 14.5. The Labute approximate surface area is 174 Å². The summed E-state index contributed by atoms with van der Waals surface area (Å²) in [4.78, 5) is 16.9. The van der Waals surface area contributed by atoms with E-state index in [1.54, 1.807) is 12.3 Å². The highest BCUT2D eigenvalue weighted by Gasteiger charge is 2.34. The van der Waals surface area contributed by atoms with Crippen LogP contribution in [-0.2, 0) is 9.84 Å². The van der Waals surface area contributed by atoms with Crippen LogP contribution in [0.4, 0.5) is 15.9 Å². The number of benzene rings is 1. The fourth-order valence-electron chi connectivity index (χ4n) is 3.05. The van der Waals surface area contributed by atoms with E-state index in [4.69, 9.17) is 5.73 Å². The lowest BCUT2D eigenvalue weighted by molar-refractivity contribution is 0.567. The van der Waals surface area contributed by atoms with Crippen molar-refractivity contribution in [3.8, 4) is 0 Å². The number of pyridine rings is 1. The van der Waals surface area contributed by atoms with Gasteiger partial charge in [0.25, 0.3) is 0 Å². The van der Waals surface area contributed by atoms with E-state index in [9.17, 15) is 12.8 Å². The lowest BCUT2D eigenvalue weighted by Gasteiger charge is -2.24.